The number of para-hydroxylation sites is 1. The average molecular weight is 391 g/mol. The summed E-state index contributed by atoms with van der Waals surface area (Å²) in [6.45, 7) is 1.95. The predicted octanol–water partition coefficient (Wildman–Crippen LogP) is 4.26. The van der Waals surface area contributed by atoms with Crippen LogP contribution in [0.1, 0.15) is 30.2 Å². The quantitative estimate of drug-likeness (QED) is 0.663. The molecule has 4 rings (SSSR count). The second-order valence-electron chi connectivity index (χ2n) is 5.44. The summed E-state index contributed by atoms with van der Waals surface area (Å²) < 4.78 is 6.81. The second kappa shape index (κ2) is 4.69. The lowest BCUT2D eigenvalue weighted by molar-refractivity contribution is 0.579. The zero-order valence-electron chi connectivity index (χ0n) is 11.6. The number of anilines is 1. The Morgan fingerprint density at radius 3 is 2.76 bits per heavy atom. The van der Waals surface area contributed by atoms with Crippen molar-refractivity contribution in [1.82, 2.24) is 9.97 Å². The molecule has 0 aliphatic heterocycles. The molecule has 2 heterocycles. The number of benzene rings is 1. The first-order valence-corrected chi connectivity index (χ1v) is 8.04. The van der Waals surface area contributed by atoms with E-state index in [1.54, 1.807) is 0 Å². The molecule has 1 aromatic carbocycles. The van der Waals surface area contributed by atoms with Crippen LogP contribution in [0, 0.1) is 10.5 Å². The van der Waals surface area contributed by atoms with Gasteiger partial charge in [-0.25, -0.2) is 9.97 Å². The van der Waals surface area contributed by atoms with Gasteiger partial charge in [-0.2, -0.15) is 0 Å². The molecule has 0 radical (unpaired) electrons. The summed E-state index contributed by atoms with van der Waals surface area (Å²) in [6.07, 6.45) is 2.38. The molecule has 1 fully saturated rings. The smallest absolute Gasteiger partial charge is 0.166 e. The third-order valence-electron chi connectivity index (χ3n) is 3.86. The molecule has 4 nitrogen and oxygen atoms in total. The van der Waals surface area contributed by atoms with E-state index < -0.39 is 0 Å². The first-order valence-electron chi connectivity index (χ1n) is 6.96. The molecule has 0 amide bonds. The van der Waals surface area contributed by atoms with Gasteiger partial charge in [0.25, 0.3) is 0 Å². The Morgan fingerprint density at radius 2 is 2.00 bits per heavy atom. The van der Waals surface area contributed by atoms with Gasteiger partial charge in [0.05, 0.1) is 14.8 Å². The van der Waals surface area contributed by atoms with Crippen molar-refractivity contribution in [3.05, 3.63) is 39.3 Å². The van der Waals surface area contributed by atoms with Crippen molar-refractivity contribution in [3.8, 4) is 11.4 Å². The second-order valence-corrected chi connectivity index (χ2v) is 6.51. The molecule has 2 aromatic heterocycles. The van der Waals surface area contributed by atoms with Gasteiger partial charge in [-0.05, 0) is 48.4 Å². The first-order chi connectivity index (χ1) is 10.1. The fourth-order valence-corrected chi connectivity index (χ4v) is 3.35. The van der Waals surface area contributed by atoms with Gasteiger partial charge in [-0.15, -0.1) is 0 Å². The summed E-state index contributed by atoms with van der Waals surface area (Å²) >= 11 is 2.25. The van der Waals surface area contributed by atoms with Gasteiger partial charge in [-0.1, -0.05) is 18.2 Å². The number of nitrogen functional groups attached to an aromatic ring is 1. The Hall–Kier alpha value is -1.63. The third kappa shape index (κ3) is 2.10. The van der Waals surface area contributed by atoms with Gasteiger partial charge < -0.3 is 10.2 Å². The fraction of sp³-hybridized carbons (Fsp3) is 0.250. The number of furan rings is 1. The molecule has 0 saturated heterocycles. The highest BCUT2D eigenvalue weighted by Crippen LogP contribution is 2.43. The lowest BCUT2D eigenvalue weighted by atomic mass is 10.1. The van der Waals surface area contributed by atoms with Crippen molar-refractivity contribution < 1.29 is 4.42 Å². The Morgan fingerprint density at radius 1 is 1.24 bits per heavy atom. The highest BCUT2D eigenvalue weighted by molar-refractivity contribution is 14.1. The van der Waals surface area contributed by atoms with Crippen LogP contribution in [-0.2, 0) is 0 Å². The predicted molar refractivity (Wildman–Crippen MR) is 91.1 cm³/mol. The lowest BCUT2D eigenvalue weighted by Crippen LogP contribution is -2.04. The average Bonchev–Trinajstić information content (AvgIpc) is 3.24. The molecule has 21 heavy (non-hydrogen) atoms. The molecule has 0 spiro atoms. The molecule has 106 valence electrons. The minimum absolute atomic E-state index is 0.541. The molecule has 1 aliphatic rings. The lowest BCUT2D eigenvalue weighted by Gasteiger charge is -2.08. The Balaban J connectivity index is 1.98. The number of hydrogen-bond acceptors (Lipinski definition) is 4. The zero-order chi connectivity index (χ0) is 14.6. The van der Waals surface area contributed by atoms with Crippen LogP contribution < -0.4 is 5.73 Å². The van der Waals surface area contributed by atoms with Crippen molar-refractivity contribution in [3.63, 3.8) is 0 Å². The first kappa shape index (κ1) is 13.1. The Bertz CT molecular complexity index is 852. The monoisotopic (exact) mass is 391 g/mol. The van der Waals surface area contributed by atoms with Crippen LogP contribution in [0.15, 0.2) is 28.7 Å². The van der Waals surface area contributed by atoms with E-state index in [0.29, 0.717) is 17.6 Å². The van der Waals surface area contributed by atoms with Crippen LogP contribution >= 0.6 is 22.6 Å². The van der Waals surface area contributed by atoms with E-state index in [9.17, 15) is 0 Å². The minimum atomic E-state index is 0.541. The summed E-state index contributed by atoms with van der Waals surface area (Å²) in [5.41, 5.74) is 9.00. The van der Waals surface area contributed by atoms with Gasteiger partial charge >= 0.3 is 0 Å². The van der Waals surface area contributed by atoms with Gasteiger partial charge in [0.1, 0.15) is 17.2 Å². The van der Waals surface area contributed by atoms with Crippen LogP contribution in [-0.4, -0.2) is 9.97 Å². The third-order valence-corrected chi connectivity index (χ3v) is 4.97. The van der Waals surface area contributed by atoms with Crippen LogP contribution in [0.2, 0.25) is 0 Å². The van der Waals surface area contributed by atoms with Gasteiger partial charge in [-0.3, -0.25) is 0 Å². The zero-order valence-corrected chi connectivity index (χ0v) is 13.7. The molecule has 3 aromatic rings. The molecule has 0 atom stereocenters. The number of nitrogens with two attached hydrogens (primary N) is 1. The van der Waals surface area contributed by atoms with E-state index in [-0.39, 0.29) is 0 Å². The van der Waals surface area contributed by atoms with E-state index in [1.807, 2.05) is 31.2 Å². The molecule has 5 heteroatoms. The number of rotatable bonds is 2. The van der Waals surface area contributed by atoms with Gasteiger partial charge in [0, 0.05) is 11.3 Å². The molecule has 0 unspecified atom stereocenters. The minimum Gasteiger partial charge on any atom is -0.461 e. The normalized spacial score (nSPS) is 14.8. The summed E-state index contributed by atoms with van der Waals surface area (Å²) in [5, 5.41) is 1.04. The van der Waals surface area contributed by atoms with Crippen molar-refractivity contribution in [1.29, 1.82) is 0 Å². The standard InChI is InChI=1S/C16H14IN3O/c1-8-12(10-4-2-3-5-11(10)21-8)16-19-14(9-6-7-9)13(17)15(18)20-16/h2-5,9H,6-7H2,1H3,(H2,18,19,20). The largest absolute Gasteiger partial charge is 0.461 e. The van der Waals surface area contributed by atoms with Crippen LogP contribution in [0.3, 0.4) is 0 Å². The molecular formula is C16H14IN3O. The van der Waals surface area contributed by atoms with Crippen molar-refractivity contribution in [2.75, 3.05) is 5.73 Å². The highest BCUT2D eigenvalue weighted by Gasteiger charge is 2.30. The van der Waals surface area contributed by atoms with Crippen LogP contribution in [0.25, 0.3) is 22.4 Å². The molecule has 0 bridgehead atoms. The Labute approximate surface area is 135 Å². The van der Waals surface area contributed by atoms with Crippen molar-refractivity contribution in [2.24, 2.45) is 0 Å². The van der Waals surface area contributed by atoms with E-state index in [2.05, 4.69) is 27.6 Å². The van der Waals surface area contributed by atoms with Crippen molar-refractivity contribution in [2.45, 2.75) is 25.7 Å². The maximum Gasteiger partial charge on any atom is 0.166 e. The maximum absolute atomic E-state index is 6.10. The molecule has 1 aliphatic carbocycles. The molecule has 1 saturated carbocycles. The number of halogens is 1. The number of aryl methyl sites for hydroxylation is 1. The van der Waals surface area contributed by atoms with Crippen LogP contribution in [0.5, 0.6) is 0 Å². The SMILES string of the molecule is Cc1oc2ccccc2c1-c1nc(N)c(I)c(C2CC2)n1. The van der Waals surface area contributed by atoms with Crippen molar-refractivity contribution >= 4 is 39.4 Å². The maximum atomic E-state index is 6.10. The summed E-state index contributed by atoms with van der Waals surface area (Å²) in [4.78, 5) is 9.29. The molecular weight excluding hydrogens is 377 g/mol. The Kier molecular flexibility index (Phi) is 2.92. The van der Waals surface area contributed by atoms with E-state index in [0.717, 1.165) is 31.6 Å². The summed E-state index contributed by atoms with van der Waals surface area (Å²) in [7, 11) is 0. The molecule has 2 N–H and O–H groups in total. The van der Waals surface area contributed by atoms with Crippen LogP contribution in [0.4, 0.5) is 5.82 Å². The highest BCUT2D eigenvalue weighted by atomic mass is 127. The summed E-state index contributed by atoms with van der Waals surface area (Å²) in [6, 6.07) is 7.96. The topological polar surface area (TPSA) is 64.9 Å². The van der Waals surface area contributed by atoms with E-state index in [1.165, 1.54) is 12.8 Å². The number of fused-ring (bicyclic) bond motifs is 1. The van der Waals surface area contributed by atoms with Gasteiger partial charge in [0.15, 0.2) is 5.82 Å². The number of aromatic nitrogens is 2. The fourth-order valence-electron chi connectivity index (χ4n) is 2.67. The van der Waals surface area contributed by atoms with E-state index in [4.69, 9.17) is 15.1 Å². The van der Waals surface area contributed by atoms with E-state index >= 15 is 0 Å². The summed E-state index contributed by atoms with van der Waals surface area (Å²) in [5.74, 6) is 2.61. The van der Waals surface area contributed by atoms with Gasteiger partial charge in [0.2, 0.25) is 0 Å². The number of hydrogen-bond donors (Lipinski definition) is 1. The number of nitrogens with zero attached hydrogens (tertiary/aromatic N) is 2.